The van der Waals surface area contributed by atoms with Crippen molar-refractivity contribution in [2.45, 2.75) is 13.0 Å². The first-order valence-corrected chi connectivity index (χ1v) is 7.70. The zero-order valence-corrected chi connectivity index (χ0v) is 14.1. The van der Waals surface area contributed by atoms with Crippen molar-refractivity contribution in [2.75, 3.05) is 7.11 Å². The molecule has 2 aromatic carbocycles. The summed E-state index contributed by atoms with van der Waals surface area (Å²) in [6.45, 7) is 1.54. The molecule has 0 unspecified atom stereocenters. The van der Waals surface area contributed by atoms with Crippen LogP contribution in [0.4, 0.5) is 0 Å². The first kappa shape index (κ1) is 17.8. The molecule has 0 aliphatic rings. The summed E-state index contributed by atoms with van der Waals surface area (Å²) in [5, 5.41) is 0.539. The molecule has 0 aromatic heterocycles. The summed E-state index contributed by atoms with van der Waals surface area (Å²) in [4.78, 5) is 24.0. The van der Waals surface area contributed by atoms with Crippen molar-refractivity contribution < 1.29 is 19.1 Å². The Bertz CT molecular complexity index is 750. The van der Waals surface area contributed by atoms with Gasteiger partial charge in [0.2, 0.25) is 5.78 Å². The third kappa shape index (κ3) is 4.96. The maximum Gasteiger partial charge on any atom is 0.331 e. The minimum Gasteiger partial charge on any atom is -0.497 e. The predicted octanol–water partition coefficient (Wildman–Crippen LogP) is 4.18. The minimum absolute atomic E-state index is 0.283. The Kier molecular flexibility index (Phi) is 6.15. The van der Waals surface area contributed by atoms with Crippen LogP contribution >= 0.6 is 11.6 Å². The van der Waals surface area contributed by atoms with Gasteiger partial charge in [0.15, 0.2) is 6.10 Å². The first-order chi connectivity index (χ1) is 11.5. The van der Waals surface area contributed by atoms with Crippen LogP contribution in [0.25, 0.3) is 6.08 Å². The largest absolute Gasteiger partial charge is 0.497 e. The van der Waals surface area contributed by atoms with Gasteiger partial charge in [0.25, 0.3) is 0 Å². The predicted molar refractivity (Wildman–Crippen MR) is 93.4 cm³/mol. The summed E-state index contributed by atoms with van der Waals surface area (Å²) in [5.74, 6) is -0.181. The zero-order valence-electron chi connectivity index (χ0n) is 13.4. The quantitative estimate of drug-likeness (QED) is 0.448. The number of rotatable bonds is 6. The van der Waals surface area contributed by atoms with Gasteiger partial charge in [0.1, 0.15) is 5.75 Å². The summed E-state index contributed by atoms with van der Waals surface area (Å²) >= 11 is 5.79. The van der Waals surface area contributed by atoms with Crippen LogP contribution in [0.1, 0.15) is 22.8 Å². The van der Waals surface area contributed by atoms with E-state index in [2.05, 4.69) is 0 Å². The highest BCUT2D eigenvalue weighted by atomic mass is 35.5. The SMILES string of the molecule is COc1cccc(/C=C/C(=O)O[C@H](C)C(=O)c2ccc(Cl)cc2)c1. The van der Waals surface area contributed by atoms with Gasteiger partial charge in [-0.1, -0.05) is 23.7 Å². The number of carbonyl (C=O) groups is 2. The molecule has 5 heteroatoms. The third-order valence-electron chi connectivity index (χ3n) is 3.30. The number of benzene rings is 2. The van der Waals surface area contributed by atoms with Gasteiger partial charge in [-0.05, 0) is 55.0 Å². The molecule has 0 saturated heterocycles. The minimum atomic E-state index is -0.881. The van der Waals surface area contributed by atoms with E-state index in [4.69, 9.17) is 21.1 Å². The van der Waals surface area contributed by atoms with E-state index in [1.807, 2.05) is 18.2 Å². The molecule has 0 spiro atoms. The molecule has 2 aromatic rings. The Hall–Kier alpha value is -2.59. The molecule has 0 radical (unpaired) electrons. The second kappa shape index (κ2) is 8.31. The maximum atomic E-state index is 12.2. The Balaban J connectivity index is 1.96. The molecule has 0 aliphatic heterocycles. The fourth-order valence-electron chi connectivity index (χ4n) is 2.03. The van der Waals surface area contributed by atoms with Crippen molar-refractivity contribution in [3.63, 3.8) is 0 Å². The van der Waals surface area contributed by atoms with E-state index >= 15 is 0 Å². The Morgan fingerprint density at radius 1 is 1.12 bits per heavy atom. The van der Waals surface area contributed by atoms with Crippen molar-refractivity contribution in [1.82, 2.24) is 0 Å². The molecule has 24 heavy (non-hydrogen) atoms. The fourth-order valence-corrected chi connectivity index (χ4v) is 2.15. The van der Waals surface area contributed by atoms with E-state index in [1.165, 1.54) is 13.0 Å². The number of ether oxygens (including phenoxy) is 2. The monoisotopic (exact) mass is 344 g/mol. The molecule has 0 heterocycles. The molecule has 1 atom stereocenters. The maximum absolute atomic E-state index is 12.2. The van der Waals surface area contributed by atoms with E-state index in [0.29, 0.717) is 16.3 Å². The van der Waals surface area contributed by atoms with Crippen molar-refractivity contribution in [3.05, 3.63) is 70.8 Å². The van der Waals surface area contributed by atoms with Crippen LogP contribution in [0.3, 0.4) is 0 Å². The number of esters is 1. The van der Waals surface area contributed by atoms with Crippen LogP contribution in [-0.4, -0.2) is 25.0 Å². The van der Waals surface area contributed by atoms with Gasteiger partial charge in [0.05, 0.1) is 7.11 Å². The molecule has 0 aliphatic carbocycles. The van der Waals surface area contributed by atoms with Gasteiger partial charge in [-0.25, -0.2) is 4.79 Å². The summed E-state index contributed by atoms with van der Waals surface area (Å²) in [5.41, 5.74) is 1.24. The average Bonchev–Trinajstić information content (AvgIpc) is 2.60. The van der Waals surface area contributed by atoms with Crippen LogP contribution in [0.15, 0.2) is 54.6 Å². The molecular weight excluding hydrogens is 328 g/mol. The Morgan fingerprint density at radius 3 is 2.50 bits per heavy atom. The van der Waals surface area contributed by atoms with Gasteiger partial charge in [-0.15, -0.1) is 0 Å². The number of hydrogen-bond acceptors (Lipinski definition) is 4. The lowest BCUT2D eigenvalue weighted by Crippen LogP contribution is -2.23. The highest BCUT2D eigenvalue weighted by molar-refractivity contribution is 6.30. The molecule has 0 bridgehead atoms. The highest BCUT2D eigenvalue weighted by Gasteiger charge is 2.18. The molecule has 0 fully saturated rings. The number of carbonyl (C=O) groups excluding carboxylic acids is 2. The number of hydrogen-bond donors (Lipinski definition) is 0. The van der Waals surface area contributed by atoms with Crippen molar-refractivity contribution in [2.24, 2.45) is 0 Å². The average molecular weight is 345 g/mol. The van der Waals surface area contributed by atoms with E-state index in [9.17, 15) is 9.59 Å². The van der Waals surface area contributed by atoms with E-state index in [1.54, 1.807) is 43.5 Å². The Labute approximate surface area is 145 Å². The first-order valence-electron chi connectivity index (χ1n) is 7.32. The lowest BCUT2D eigenvalue weighted by molar-refractivity contribution is -0.140. The molecule has 124 valence electrons. The number of halogens is 1. The summed E-state index contributed by atoms with van der Waals surface area (Å²) in [7, 11) is 1.57. The number of Topliss-reactive ketones (excluding diaryl/α,β-unsaturated/α-hetero) is 1. The molecular formula is C19H17ClO4. The van der Waals surface area contributed by atoms with E-state index in [0.717, 1.165) is 5.56 Å². The lowest BCUT2D eigenvalue weighted by Gasteiger charge is -2.10. The molecule has 4 nitrogen and oxygen atoms in total. The van der Waals surface area contributed by atoms with Gasteiger partial charge in [-0.3, -0.25) is 4.79 Å². The summed E-state index contributed by atoms with van der Waals surface area (Å²) in [6, 6.07) is 13.7. The standard InChI is InChI=1S/C19H17ClO4/c1-13(19(22)15-7-9-16(20)10-8-15)24-18(21)11-6-14-4-3-5-17(12-14)23-2/h3-13H,1-2H3/b11-6+/t13-/m1/s1. The van der Waals surface area contributed by atoms with Gasteiger partial charge in [-0.2, -0.15) is 0 Å². The summed E-state index contributed by atoms with van der Waals surface area (Å²) < 4.78 is 10.2. The van der Waals surface area contributed by atoms with Crippen molar-refractivity contribution in [1.29, 1.82) is 0 Å². The molecule has 2 rings (SSSR count). The van der Waals surface area contributed by atoms with Crippen LogP contribution in [0, 0.1) is 0 Å². The molecule has 0 N–H and O–H groups in total. The topological polar surface area (TPSA) is 52.6 Å². The van der Waals surface area contributed by atoms with E-state index in [-0.39, 0.29) is 5.78 Å². The van der Waals surface area contributed by atoms with Crippen molar-refractivity contribution in [3.8, 4) is 5.75 Å². The van der Waals surface area contributed by atoms with Crippen molar-refractivity contribution >= 4 is 29.4 Å². The van der Waals surface area contributed by atoms with Crippen LogP contribution in [-0.2, 0) is 9.53 Å². The van der Waals surface area contributed by atoms with Crippen LogP contribution in [0.5, 0.6) is 5.75 Å². The fraction of sp³-hybridized carbons (Fsp3) is 0.158. The number of methoxy groups -OCH3 is 1. The molecule has 0 saturated carbocycles. The molecule has 0 amide bonds. The van der Waals surface area contributed by atoms with Crippen LogP contribution < -0.4 is 4.74 Å². The summed E-state index contributed by atoms with van der Waals surface area (Å²) in [6.07, 6.45) is 2.00. The lowest BCUT2D eigenvalue weighted by atomic mass is 10.1. The Morgan fingerprint density at radius 2 is 1.83 bits per heavy atom. The smallest absolute Gasteiger partial charge is 0.331 e. The normalized spacial score (nSPS) is 12.0. The second-order valence-corrected chi connectivity index (χ2v) is 5.50. The third-order valence-corrected chi connectivity index (χ3v) is 3.55. The van der Waals surface area contributed by atoms with Crippen LogP contribution in [0.2, 0.25) is 5.02 Å². The number of ketones is 1. The van der Waals surface area contributed by atoms with Gasteiger partial charge < -0.3 is 9.47 Å². The van der Waals surface area contributed by atoms with E-state index < -0.39 is 12.1 Å². The zero-order chi connectivity index (χ0) is 17.5. The van der Waals surface area contributed by atoms with Gasteiger partial charge in [0, 0.05) is 16.7 Å². The van der Waals surface area contributed by atoms with Gasteiger partial charge >= 0.3 is 5.97 Å². The second-order valence-electron chi connectivity index (χ2n) is 5.06. The highest BCUT2D eigenvalue weighted by Crippen LogP contribution is 2.15.